The molecule has 110 valence electrons. The van der Waals surface area contributed by atoms with Crippen LogP contribution >= 0.6 is 15.9 Å². The van der Waals surface area contributed by atoms with Gasteiger partial charge in [0.2, 0.25) is 0 Å². The van der Waals surface area contributed by atoms with Gasteiger partial charge in [0, 0.05) is 22.7 Å². The molecular weight excluding hydrogens is 324 g/mol. The lowest BCUT2D eigenvalue weighted by molar-refractivity contribution is 0.598. The molecule has 0 radical (unpaired) electrons. The number of halogens is 1. The molecule has 0 fully saturated rings. The molecule has 0 saturated carbocycles. The molecule has 0 aliphatic carbocycles. The van der Waals surface area contributed by atoms with Crippen molar-refractivity contribution in [2.75, 3.05) is 18.0 Å². The lowest BCUT2D eigenvalue weighted by Gasteiger charge is -2.22. The van der Waals surface area contributed by atoms with Crippen molar-refractivity contribution >= 4 is 27.3 Å². The van der Waals surface area contributed by atoms with Crippen LogP contribution in [0.4, 0.5) is 11.4 Å². The van der Waals surface area contributed by atoms with E-state index >= 15 is 0 Å². The Hall–Kier alpha value is -1.32. The minimum Gasteiger partial charge on any atom is -0.340 e. The second kappa shape index (κ2) is 6.20. The van der Waals surface area contributed by atoms with Crippen molar-refractivity contribution in [1.29, 1.82) is 0 Å². The van der Waals surface area contributed by atoms with Crippen molar-refractivity contribution in [2.45, 2.75) is 26.3 Å². The molecule has 1 heterocycles. The maximum atomic E-state index is 3.76. The molecule has 2 aromatic rings. The van der Waals surface area contributed by atoms with Crippen LogP contribution in [0.25, 0.3) is 0 Å². The standard InChI is InChI=1S/C18H21BrN2/c1-3-20-13(2)15-8-9-18(16(19)12-15)21-11-10-14-6-4-5-7-17(14)21/h4-9,12-13,20H,3,10-11H2,1-2H3. The fraction of sp³-hybridized carbons (Fsp3) is 0.333. The number of nitrogens with one attached hydrogen (secondary N) is 1. The Kier molecular flexibility index (Phi) is 4.32. The van der Waals surface area contributed by atoms with Crippen molar-refractivity contribution in [3.05, 3.63) is 58.1 Å². The maximum Gasteiger partial charge on any atom is 0.0555 e. The van der Waals surface area contributed by atoms with Gasteiger partial charge in [-0.05, 0) is 65.1 Å². The van der Waals surface area contributed by atoms with E-state index in [1.54, 1.807) is 0 Å². The van der Waals surface area contributed by atoms with Crippen LogP contribution in [-0.4, -0.2) is 13.1 Å². The number of fused-ring (bicyclic) bond motifs is 1. The molecule has 0 bridgehead atoms. The average Bonchev–Trinajstić information content (AvgIpc) is 2.91. The molecule has 2 aromatic carbocycles. The van der Waals surface area contributed by atoms with Gasteiger partial charge in [-0.15, -0.1) is 0 Å². The van der Waals surface area contributed by atoms with Crippen LogP contribution in [0.1, 0.15) is 31.0 Å². The summed E-state index contributed by atoms with van der Waals surface area (Å²) in [6, 6.07) is 15.8. The third kappa shape index (κ3) is 2.85. The third-order valence-electron chi connectivity index (χ3n) is 4.16. The van der Waals surface area contributed by atoms with Gasteiger partial charge in [0.15, 0.2) is 0 Å². The maximum absolute atomic E-state index is 3.76. The molecule has 1 aliphatic heterocycles. The first kappa shape index (κ1) is 14.6. The molecule has 2 nitrogen and oxygen atoms in total. The largest absolute Gasteiger partial charge is 0.340 e. The second-order valence-electron chi connectivity index (χ2n) is 5.52. The third-order valence-corrected chi connectivity index (χ3v) is 4.80. The lowest BCUT2D eigenvalue weighted by atomic mass is 10.1. The van der Waals surface area contributed by atoms with E-state index in [1.165, 1.54) is 27.0 Å². The topological polar surface area (TPSA) is 15.3 Å². The van der Waals surface area contributed by atoms with Gasteiger partial charge in [-0.1, -0.05) is 31.2 Å². The molecule has 0 amide bonds. The van der Waals surface area contributed by atoms with Crippen molar-refractivity contribution in [1.82, 2.24) is 5.32 Å². The zero-order valence-corrected chi connectivity index (χ0v) is 14.2. The minimum absolute atomic E-state index is 0.381. The first-order chi connectivity index (χ1) is 10.2. The van der Waals surface area contributed by atoms with E-state index in [0.717, 1.165) is 19.5 Å². The smallest absolute Gasteiger partial charge is 0.0555 e. The van der Waals surface area contributed by atoms with Crippen LogP contribution in [-0.2, 0) is 6.42 Å². The lowest BCUT2D eigenvalue weighted by Crippen LogP contribution is -2.18. The molecule has 3 rings (SSSR count). The number of nitrogens with zero attached hydrogens (tertiary/aromatic N) is 1. The Morgan fingerprint density at radius 1 is 1.19 bits per heavy atom. The highest BCUT2D eigenvalue weighted by atomic mass is 79.9. The van der Waals surface area contributed by atoms with E-state index in [-0.39, 0.29) is 0 Å². The number of rotatable bonds is 4. The summed E-state index contributed by atoms with van der Waals surface area (Å²) in [6.45, 7) is 6.39. The normalized spacial score (nSPS) is 15.1. The average molecular weight is 345 g/mol. The SMILES string of the molecule is CCNC(C)c1ccc(N2CCc3ccccc32)c(Br)c1. The molecule has 0 saturated heterocycles. The summed E-state index contributed by atoms with van der Waals surface area (Å²) in [5.41, 5.74) is 5.35. The molecule has 1 unspecified atom stereocenters. The molecule has 21 heavy (non-hydrogen) atoms. The van der Waals surface area contributed by atoms with Gasteiger partial charge in [0.1, 0.15) is 0 Å². The summed E-state index contributed by atoms with van der Waals surface area (Å²) in [7, 11) is 0. The molecule has 3 heteroatoms. The van der Waals surface area contributed by atoms with E-state index < -0.39 is 0 Å². The zero-order chi connectivity index (χ0) is 14.8. The van der Waals surface area contributed by atoms with E-state index in [0.29, 0.717) is 6.04 Å². The molecule has 0 spiro atoms. The molecule has 0 aromatic heterocycles. The fourth-order valence-electron chi connectivity index (χ4n) is 3.02. The van der Waals surface area contributed by atoms with Gasteiger partial charge in [-0.3, -0.25) is 0 Å². The van der Waals surface area contributed by atoms with Crippen LogP contribution in [0.15, 0.2) is 46.9 Å². The van der Waals surface area contributed by atoms with Gasteiger partial charge in [-0.25, -0.2) is 0 Å². The summed E-state index contributed by atoms with van der Waals surface area (Å²) in [4.78, 5) is 2.40. The molecular formula is C18H21BrN2. The molecule has 1 N–H and O–H groups in total. The highest BCUT2D eigenvalue weighted by Gasteiger charge is 2.21. The van der Waals surface area contributed by atoms with Gasteiger partial charge < -0.3 is 10.2 Å². The van der Waals surface area contributed by atoms with Gasteiger partial charge in [0.25, 0.3) is 0 Å². The summed E-state index contributed by atoms with van der Waals surface area (Å²) in [5.74, 6) is 0. The number of hydrogen-bond acceptors (Lipinski definition) is 2. The van der Waals surface area contributed by atoms with Crippen molar-refractivity contribution in [3.8, 4) is 0 Å². The van der Waals surface area contributed by atoms with Crippen LogP contribution < -0.4 is 10.2 Å². The number of para-hydroxylation sites is 1. The van der Waals surface area contributed by atoms with E-state index in [1.807, 2.05) is 0 Å². The predicted molar refractivity (Wildman–Crippen MR) is 93.4 cm³/mol. The number of benzene rings is 2. The minimum atomic E-state index is 0.381. The van der Waals surface area contributed by atoms with Crippen molar-refractivity contribution < 1.29 is 0 Å². The van der Waals surface area contributed by atoms with E-state index in [2.05, 4.69) is 82.5 Å². The Bertz CT molecular complexity index is 639. The summed E-state index contributed by atoms with van der Waals surface area (Å²) in [5, 5.41) is 3.46. The van der Waals surface area contributed by atoms with Gasteiger partial charge >= 0.3 is 0 Å². The van der Waals surface area contributed by atoms with E-state index in [9.17, 15) is 0 Å². The van der Waals surface area contributed by atoms with Crippen LogP contribution in [0.3, 0.4) is 0 Å². The highest BCUT2D eigenvalue weighted by Crippen LogP contribution is 2.38. The Morgan fingerprint density at radius 3 is 2.76 bits per heavy atom. The predicted octanol–water partition coefficient (Wildman–Crippen LogP) is 4.81. The first-order valence-corrected chi connectivity index (χ1v) is 8.38. The van der Waals surface area contributed by atoms with E-state index in [4.69, 9.17) is 0 Å². The second-order valence-corrected chi connectivity index (χ2v) is 6.37. The Balaban J connectivity index is 1.91. The fourth-order valence-corrected chi connectivity index (χ4v) is 3.63. The quantitative estimate of drug-likeness (QED) is 0.855. The van der Waals surface area contributed by atoms with Gasteiger partial charge in [-0.2, -0.15) is 0 Å². The van der Waals surface area contributed by atoms with Crippen LogP contribution in [0.2, 0.25) is 0 Å². The van der Waals surface area contributed by atoms with Crippen LogP contribution in [0, 0.1) is 0 Å². The number of anilines is 2. The summed E-state index contributed by atoms with van der Waals surface area (Å²) in [6.07, 6.45) is 1.12. The molecule has 1 atom stereocenters. The summed E-state index contributed by atoms with van der Waals surface area (Å²) < 4.78 is 1.17. The van der Waals surface area contributed by atoms with Crippen LogP contribution in [0.5, 0.6) is 0 Å². The number of hydrogen-bond donors (Lipinski definition) is 1. The highest BCUT2D eigenvalue weighted by molar-refractivity contribution is 9.10. The van der Waals surface area contributed by atoms with Gasteiger partial charge in [0.05, 0.1) is 5.69 Å². The zero-order valence-electron chi connectivity index (χ0n) is 12.6. The van der Waals surface area contributed by atoms with Crippen molar-refractivity contribution in [2.24, 2.45) is 0 Å². The van der Waals surface area contributed by atoms with Crippen molar-refractivity contribution in [3.63, 3.8) is 0 Å². The first-order valence-electron chi connectivity index (χ1n) is 7.59. The summed E-state index contributed by atoms with van der Waals surface area (Å²) >= 11 is 3.76. The Morgan fingerprint density at radius 2 is 2.00 bits per heavy atom. The Labute approximate surface area is 135 Å². The monoisotopic (exact) mass is 344 g/mol. The molecule has 1 aliphatic rings.